The van der Waals surface area contributed by atoms with E-state index in [1.807, 2.05) is 19.1 Å². The van der Waals surface area contributed by atoms with E-state index in [4.69, 9.17) is 8.85 Å². The molecule has 0 radical (unpaired) electrons. The first-order valence-electron chi connectivity index (χ1n) is 9.82. The number of aromatic nitrogens is 4. The number of ether oxygens (including phenoxy) is 1. The molecule has 7 heteroatoms. The monoisotopic (exact) mass is 366 g/mol. The van der Waals surface area contributed by atoms with Crippen molar-refractivity contribution in [1.29, 1.82) is 0 Å². The van der Waals surface area contributed by atoms with Crippen molar-refractivity contribution in [2.45, 2.75) is 26.6 Å². The number of anilines is 2. The number of carbonyl (C=O) groups excluding carboxylic acids is 1. The molecule has 7 nitrogen and oxygen atoms in total. The van der Waals surface area contributed by atoms with Gasteiger partial charge in [-0.1, -0.05) is 12.9 Å². The molecule has 0 fully saturated rings. The van der Waals surface area contributed by atoms with Gasteiger partial charge in [0.05, 0.1) is 18.5 Å². The van der Waals surface area contributed by atoms with E-state index in [0.29, 0.717) is 29.4 Å². The van der Waals surface area contributed by atoms with Gasteiger partial charge < -0.3 is 10.1 Å². The van der Waals surface area contributed by atoms with Gasteiger partial charge in [0.1, 0.15) is 0 Å². The lowest BCUT2D eigenvalue weighted by atomic mass is 10.1. The van der Waals surface area contributed by atoms with Gasteiger partial charge in [0.25, 0.3) is 0 Å². The standard InChI is InChI=1S/C20H21N5O2/c1-4-17(26)19-16(23-20-18(27-3)6-5-9-21-20)11-15(24-25-19)10-14-8-7-13(2)12-22-14/h5-9,11-12H,4,10H2,1-3H3,(H,21,23,24)/i1D3. The highest BCUT2D eigenvalue weighted by Crippen LogP contribution is 2.27. The predicted molar refractivity (Wildman–Crippen MR) is 103 cm³/mol. The molecule has 3 aromatic heterocycles. The van der Waals surface area contributed by atoms with E-state index in [1.165, 1.54) is 7.11 Å². The second-order valence-corrected chi connectivity index (χ2v) is 5.88. The number of hydrogen-bond acceptors (Lipinski definition) is 7. The van der Waals surface area contributed by atoms with Gasteiger partial charge in [-0.3, -0.25) is 9.78 Å². The quantitative estimate of drug-likeness (QED) is 0.640. The van der Waals surface area contributed by atoms with Gasteiger partial charge >= 0.3 is 0 Å². The Labute approximate surface area is 162 Å². The molecule has 0 bridgehead atoms. The predicted octanol–water partition coefficient (Wildman–Crippen LogP) is 3.51. The van der Waals surface area contributed by atoms with Crippen molar-refractivity contribution in [2.24, 2.45) is 0 Å². The van der Waals surface area contributed by atoms with E-state index in [0.717, 1.165) is 11.3 Å². The molecule has 0 spiro atoms. The van der Waals surface area contributed by atoms with Crippen molar-refractivity contribution < 1.29 is 13.6 Å². The van der Waals surface area contributed by atoms with Crippen LogP contribution in [0.5, 0.6) is 5.75 Å². The fraction of sp³-hybridized carbons (Fsp3) is 0.250. The summed E-state index contributed by atoms with van der Waals surface area (Å²) >= 11 is 0. The van der Waals surface area contributed by atoms with Crippen LogP contribution in [0.3, 0.4) is 0 Å². The second kappa shape index (κ2) is 8.35. The first kappa shape index (κ1) is 14.8. The number of rotatable bonds is 7. The van der Waals surface area contributed by atoms with Crippen molar-refractivity contribution in [3.8, 4) is 5.75 Å². The van der Waals surface area contributed by atoms with Gasteiger partial charge in [-0.2, -0.15) is 5.10 Å². The molecule has 0 unspecified atom stereocenters. The lowest BCUT2D eigenvalue weighted by Crippen LogP contribution is -2.10. The Morgan fingerprint density at radius 2 is 2.11 bits per heavy atom. The van der Waals surface area contributed by atoms with Gasteiger partial charge in [-0.05, 0) is 36.8 Å². The fourth-order valence-corrected chi connectivity index (χ4v) is 2.47. The third-order valence-electron chi connectivity index (χ3n) is 3.85. The first-order valence-corrected chi connectivity index (χ1v) is 8.32. The van der Waals surface area contributed by atoms with E-state index >= 15 is 0 Å². The summed E-state index contributed by atoms with van der Waals surface area (Å²) < 4.78 is 27.4. The molecule has 3 aromatic rings. The van der Waals surface area contributed by atoms with Crippen LogP contribution in [0.25, 0.3) is 0 Å². The van der Waals surface area contributed by atoms with Crippen LogP contribution in [0.4, 0.5) is 11.5 Å². The minimum Gasteiger partial charge on any atom is -0.493 e. The lowest BCUT2D eigenvalue weighted by molar-refractivity contribution is 0.0983. The normalized spacial score (nSPS) is 12.6. The number of carbonyl (C=O) groups is 1. The maximum Gasteiger partial charge on any atom is 0.184 e. The second-order valence-electron chi connectivity index (χ2n) is 5.88. The maximum absolute atomic E-state index is 12.6. The van der Waals surface area contributed by atoms with Crippen LogP contribution in [0, 0.1) is 6.92 Å². The number of nitrogens with zero attached hydrogens (tertiary/aromatic N) is 4. The van der Waals surface area contributed by atoms with Gasteiger partial charge in [0.15, 0.2) is 23.0 Å². The maximum atomic E-state index is 12.6. The van der Waals surface area contributed by atoms with Crippen molar-refractivity contribution in [2.75, 3.05) is 12.4 Å². The van der Waals surface area contributed by atoms with Gasteiger partial charge in [-0.25, -0.2) is 4.98 Å². The van der Waals surface area contributed by atoms with Crippen LogP contribution in [0.2, 0.25) is 0 Å². The van der Waals surface area contributed by atoms with Gasteiger partial charge in [0, 0.05) is 35.0 Å². The zero-order valence-corrected chi connectivity index (χ0v) is 15.1. The minimum atomic E-state index is -2.41. The third kappa shape index (κ3) is 4.44. The summed E-state index contributed by atoms with van der Waals surface area (Å²) in [6.07, 6.45) is 3.08. The smallest absolute Gasteiger partial charge is 0.184 e. The Morgan fingerprint density at radius 1 is 1.22 bits per heavy atom. The molecule has 0 saturated heterocycles. The SMILES string of the molecule is [2H]C([2H])([2H])CC(=O)c1nnc(Cc2ccc(C)cn2)cc1Nc1ncccc1OC. The fourth-order valence-electron chi connectivity index (χ4n) is 2.47. The highest BCUT2D eigenvalue weighted by atomic mass is 16.5. The van der Waals surface area contributed by atoms with Crippen LogP contribution in [-0.4, -0.2) is 33.1 Å². The largest absolute Gasteiger partial charge is 0.493 e. The number of nitrogens with one attached hydrogen (secondary N) is 1. The number of pyridine rings is 2. The lowest BCUT2D eigenvalue weighted by Gasteiger charge is -2.13. The average molecular weight is 366 g/mol. The van der Waals surface area contributed by atoms with Crippen LogP contribution in [0.15, 0.2) is 42.7 Å². The van der Waals surface area contributed by atoms with Crippen molar-refractivity contribution in [1.82, 2.24) is 20.2 Å². The Balaban J connectivity index is 1.97. The summed E-state index contributed by atoms with van der Waals surface area (Å²) in [6.45, 7) is -0.465. The van der Waals surface area contributed by atoms with E-state index in [-0.39, 0.29) is 5.69 Å². The van der Waals surface area contributed by atoms with Crippen LogP contribution in [0.1, 0.15) is 44.8 Å². The molecule has 0 aliphatic carbocycles. The summed E-state index contributed by atoms with van der Waals surface area (Å²) in [4.78, 5) is 21.1. The summed E-state index contributed by atoms with van der Waals surface area (Å²) in [6, 6.07) is 8.91. The molecule has 27 heavy (non-hydrogen) atoms. The number of hydrogen-bond donors (Lipinski definition) is 1. The Kier molecular flexibility index (Phi) is 4.57. The van der Waals surface area contributed by atoms with Crippen LogP contribution >= 0.6 is 0 Å². The topological polar surface area (TPSA) is 89.9 Å². The van der Waals surface area contributed by atoms with Crippen LogP contribution < -0.4 is 10.1 Å². The molecular formula is C20H21N5O2. The molecule has 0 amide bonds. The summed E-state index contributed by atoms with van der Waals surface area (Å²) in [5, 5.41) is 11.2. The summed E-state index contributed by atoms with van der Waals surface area (Å²) in [5.41, 5.74) is 2.63. The van der Waals surface area contributed by atoms with E-state index in [1.54, 1.807) is 30.6 Å². The number of Topliss-reactive ketones (excluding diaryl/α,β-unsaturated/α-hetero) is 1. The zero-order valence-electron chi connectivity index (χ0n) is 18.1. The van der Waals surface area contributed by atoms with Gasteiger partial charge in [-0.15, -0.1) is 5.10 Å². The Bertz CT molecular complexity index is 1040. The molecule has 0 saturated carbocycles. The average Bonchev–Trinajstić information content (AvgIpc) is 2.69. The number of aryl methyl sites for hydroxylation is 1. The molecule has 0 aliphatic heterocycles. The van der Waals surface area contributed by atoms with Gasteiger partial charge in [0.2, 0.25) is 0 Å². The zero-order chi connectivity index (χ0) is 21.7. The molecule has 138 valence electrons. The van der Waals surface area contributed by atoms with E-state index < -0.39 is 19.1 Å². The molecule has 3 rings (SSSR count). The highest BCUT2D eigenvalue weighted by molar-refractivity contribution is 5.99. The van der Waals surface area contributed by atoms with Crippen molar-refractivity contribution in [3.63, 3.8) is 0 Å². The van der Waals surface area contributed by atoms with Crippen molar-refractivity contribution in [3.05, 3.63) is 65.4 Å². The molecule has 3 heterocycles. The van der Waals surface area contributed by atoms with E-state index in [2.05, 4.69) is 25.5 Å². The van der Waals surface area contributed by atoms with E-state index in [9.17, 15) is 4.79 Å². The minimum absolute atomic E-state index is 0.0700. The molecular weight excluding hydrogens is 342 g/mol. The molecule has 0 atom stereocenters. The Morgan fingerprint density at radius 3 is 2.85 bits per heavy atom. The van der Waals surface area contributed by atoms with Crippen LogP contribution in [-0.2, 0) is 6.42 Å². The Hall–Kier alpha value is -3.35. The molecule has 0 aliphatic rings. The highest BCUT2D eigenvalue weighted by Gasteiger charge is 2.16. The third-order valence-corrected chi connectivity index (χ3v) is 3.85. The number of methoxy groups -OCH3 is 1. The summed E-state index contributed by atoms with van der Waals surface area (Å²) in [7, 11) is 1.50. The molecule has 1 N–H and O–H groups in total. The summed E-state index contributed by atoms with van der Waals surface area (Å²) in [5.74, 6) is 0.195. The first-order chi connectivity index (χ1) is 14.2. The van der Waals surface area contributed by atoms with Crippen molar-refractivity contribution >= 4 is 17.3 Å². The molecule has 0 aromatic carbocycles. The number of ketones is 1.